The van der Waals surface area contributed by atoms with Crippen molar-refractivity contribution < 1.29 is 9.18 Å². The van der Waals surface area contributed by atoms with Gasteiger partial charge in [0.2, 0.25) is 0 Å². The van der Waals surface area contributed by atoms with E-state index in [1.54, 1.807) is 6.20 Å². The van der Waals surface area contributed by atoms with Crippen molar-refractivity contribution in [2.45, 2.75) is 51.1 Å². The molecule has 168 valence electrons. The second kappa shape index (κ2) is 8.68. The van der Waals surface area contributed by atoms with E-state index in [4.69, 9.17) is 0 Å². The van der Waals surface area contributed by atoms with Crippen LogP contribution in [0.5, 0.6) is 0 Å². The number of urea groups is 1. The van der Waals surface area contributed by atoms with Gasteiger partial charge < -0.3 is 15.5 Å². The minimum Gasteiger partial charge on any atom is -0.365 e. The maximum absolute atomic E-state index is 14.5. The molecule has 5 rings (SSSR count). The lowest BCUT2D eigenvalue weighted by molar-refractivity contribution is 0.198. The molecule has 32 heavy (non-hydrogen) atoms. The number of nitrogens with zero attached hydrogens (tertiary/aromatic N) is 5. The first kappa shape index (κ1) is 20.6. The molecule has 0 bridgehead atoms. The maximum atomic E-state index is 14.5. The highest BCUT2D eigenvalue weighted by Crippen LogP contribution is 2.26. The summed E-state index contributed by atoms with van der Waals surface area (Å²) in [5, 5.41) is 14.3. The van der Waals surface area contributed by atoms with Crippen molar-refractivity contribution >= 4 is 22.9 Å². The number of carbonyl (C=O) groups excluding carboxylic acids is 1. The van der Waals surface area contributed by atoms with Gasteiger partial charge in [0.25, 0.3) is 0 Å². The van der Waals surface area contributed by atoms with E-state index < -0.39 is 5.82 Å². The van der Waals surface area contributed by atoms with Crippen LogP contribution in [-0.2, 0) is 0 Å². The summed E-state index contributed by atoms with van der Waals surface area (Å²) in [4.78, 5) is 27.2. The number of hydrogen-bond acceptors (Lipinski definition) is 6. The van der Waals surface area contributed by atoms with Gasteiger partial charge in [-0.2, -0.15) is 5.10 Å². The highest BCUT2D eigenvalue weighted by molar-refractivity contribution is 5.88. The lowest BCUT2D eigenvalue weighted by Gasteiger charge is -2.32. The number of likely N-dealkylation sites (tertiary alicyclic amines) is 1. The Bertz CT molecular complexity index is 1120. The molecule has 1 aliphatic heterocycles. The van der Waals surface area contributed by atoms with Crippen LogP contribution in [0.3, 0.4) is 0 Å². The fourth-order valence-electron chi connectivity index (χ4n) is 4.64. The highest BCUT2D eigenvalue weighted by atomic mass is 19.1. The number of pyridine rings is 1. The van der Waals surface area contributed by atoms with E-state index in [1.165, 1.54) is 0 Å². The van der Waals surface area contributed by atoms with Crippen molar-refractivity contribution in [1.29, 1.82) is 0 Å². The number of amides is 2. The molecule has 2 aliphatic rings. The molecular weight excluding hydrogens is 411 g/mol. The normalized spacial score (nSPS) is 23.4. The lowest BCUT2D eigenvalue weighted by atomic mass is 9.91. The largest absolute Gasteiger partial charge is 0.365 e. The van der Waals surface area contributed by atoms with Crippen LogP contribution in [0, 0.1) is 11.7 Å². The molecule has 9 nitrogen and oxygen atoms in total. The molecule has 3 N–H and O–H groups in total. The quantitative estimate of drug-likeness (QED) is 0.576. The van der Waals surface area contributed by atoms with Crippen molar-refractivity contribution in [2.24, 2.45) is 5.92 Å². The van der Waals surface area contributed by atoms with Gasteiger partial charge in [-0.25, -0.2) is 24.1 Å². The molecule has 1 saturated carbocycles. The van der Waals surface area contributed by atoms with Gasteiger partial charge in [-0.3, -0.25) is 5.10 Å². The van der Waals surface area contributed by atoms with E-state index in [-0.39, 0.29) is 23.9 Å². The molecule has 3 atom stereocenters. The highest BCUT2D eigenvalue weighted by Gasteiger charge is 2.28. The molecule has 0 spiro atoms. The summed E-state index contributed by atoms with van der Waals surface area (Å²) in [5.74, 6) is 0.528. The Kier molecular flexibility index (Phi) is 5.59. The van der Waals surface area contributed by atoms with Gasteiger partial charge >= 0.3 is 6.03 Å². The minimum absolute atomic E-state index is 0.00882. The molecule has 2 amide bonds. The first-order valence-electron chi connectivity index (χ1n) is 11.2. The molecule has 10 heteroatoms. The van der Waals surface area contributed by atoms with Crippen LogP contribution in [0.2, 0.25) is 0 Å². The van der Waals surface area contributed by atoms with E-state index >= 15 is 0 Å². The molecule has 1 unspecified atom stereocenters. The standard InChI is InChI=1S/C22H27FN8O/c1-13-7-9-31(12-13)22(32)27-15-5-2-4-14(10-15)26-20-17(23)11-25-21(28-20)18-16-6-3-8-24-19(16)30-29-18/h3,6,8,11,13-15H,2,4-5,7,9-10,12H2,1H3,(H,27,32)(H,24,29,30)(H,25,26,28)/t13-,14?,15+/m0/s1. The predicted molar refractivity (Wildman–Crippen MR) is 118 cm³/mol. The Balaban J connectivity index is 1.27. The van der Waals surface area contributed by atoms with Crippen LogP contribution in [0.25, 0.3) is 22.6 Å². The van der Waals surface area contributed by atoms with E-state index in [1.807, 2.05) is 17.0 Å². The van der Waals surface area contributed by atoms with Crippen molar-refractivity contribution in [3.8, 4) is 11.5 Å². The van der Waals surface area contributed by atoms with Crippen LogP contribution < -0.4 is 10.6 Å². The molecule has 0 radical (unpaired) electrons. The average molecular weight is 439 g/mol. The zero-order chi connectivity index (χ0) is 22.1. The van der Waals surface area contributed by atoms with Gasteiger partial charge in [-0.1, -0.05) is 6.92 Å². The second-order valence-corrected chi connectivity index (χ2v) is 8.86. The summed E-state index contributed by atoms with van der Waals surface area (Å²) in [6.07, 6.45) is 7.39. The summed E-state index contributed by atoms with van der Waals surface area (Å²) in [5.41, 5.74) is 1.16. The first-order chi connectivity index (χ1) is 15.6. The summed E-state index contributed by atoms with van der Waals surface area (Å²) >= 11 is 0. The third-order valence-electron chi connectivity index (χ3n) is 6.35. The number of anilines is 1. The Labute approximate surface area is 185 Å². The number of nitrogens with one attached hydrogen (secondary N) is 3. The van der Waals surface area contributed by atoms with Crippen LogP contribution in [0.4, 0.5) is 15.0 Å². The Morgan fingerprint density at radius 3 is 2.97 bits per heavy atom. The fraction of sp³-hybridized carbons (Fsp3) is 0.500. The van der Waals surface area contributed by atoms with Gasteiger partial charge in [0.15, 0.2) is 23.1 Å². The maximum Gasteiger partial charge on any atom is 0.317 e. The molecule has 2 fully saturated rings. The van der Waals surface area contributed by atoms with E-state index in [9.17, 15) is 9.18 Å². The van der Waals surface area contributed by atoms with Crippen LogP contribution >= 0.6 is 0 Å². The van der Waals surface area contributed by atoms with Gasteiger partial charge in [0.05, 0.1) is 11.6 Å². The zero-order valence-corrected chi connectivity index (χ0v) is 18.0. The number of H-pyrrole nitrogens is 1. The molecule has 1 aliphatic carbocycles. The van der Waals surface area contributed by atoms with E-state index in [2.05, 4.69) is 42.7 Å². The number of aromatic amines is 1. The number of fused-ring (bicyclic) bond motifs is 1. The van der Waals surface area contributed by atoms with Gasteiger partial charge in [0, 0.05) is 31.4 Å². The summed E-state index contributed by atoms with van der Waals surface area (Å²) < 4.78 is 14.5. The number of carbonyl (C=O) groups is 1. The predicted octanol–water partition coefficient (Wildman–Crippen LogP) is 3.33. The Hall–Kier alpha value is -3.30. The summed E-state index contributed by atoms with van der Waals surface area (Å²) in [6.45, 7) is 3.79. The SMILES string of the molecule is C[C@H]1CCN(C(=O)N[C@@H]2CCCC(Nc3nc(-c4n[nH]c5ncccc45)ncc3F)C2)C1. The van der Waals surface area contributed by atoms with Gasteiger partial charge in [0.1, 0.15) is 5.69 Å². The second-order valence-electron chi connectivity index (χ2n) is 8.86. The molecule has 3 aromatic rings. The molecule has 3 aromatic heterocycles. The Morgan fingerprint density at radius 2 is 2.12 bits per heavy atom. The van der Waals surface area contributed by atoms with Gasteiger partial charge in [-0.15, -0.1) is 0 Å². The van der Waals surface area contributed by atoms with E-state index in [0.29, 0.717) is 23.1 Å². The lowest BCUT2D eigenvalue weighted by Crippen LogP contribution is -2.47. The zero-order valence-electron chi connectivity index (χ0n) is 18.0. The smallest absolute Gasteiger partial charge is 0.317 e. The third kappa shape index (κ3) is 4.21. The molecule has 4 heterocycles. The number of rotatable bonds is 4. The minimum atomic E-state index is -0.510. The van der Waals surface area contributed by atoms with Gasteiger partial charge in [-0.05, 0) is 50.2 Å². The number of aromatic nitrogens is 5. The summed E-state index contributed by atoms with van der Waals surface area (Å²) in [7, 11) is 0. The van der Waals surface area contributed by atoms with E-state index in [0.717, 1.165) is 56.8 Å². The first-order valence-corrected chi connectivity index (χ1v) is 11.2. The number of hydrogen-bond donors (Lipinski definition) is 3. The monoisotopic (exact) mass is 438 g/mol. The molecule has 1 saturated heterocycles. The third-order valence-corrected chi connectivity index (χ3v) is 6.35. The Morgan fingerprint density at radius 1 is 1.25 bits per heavy atom. The fourth-order valence-corrected chi connectivity index (χ4v) is 4.64. The van der Waals surface area contributed by atoms with Crippen LogP contribution in [0.15, 0.2) is 24.5 Å². The van der Waals surface area contributed by atoms with Crippen LogP contribution in [-0.4, -0.2) is 61.3 Å². The van der Waals surface area contributed by atoms with Crippen molar-refractivity contribution in [3.63, 3.8) is 0 Å². The van der Waals surface area contributed by atoms with Crippen molar-refractivity contribution in [1.82, 2.24) is 35.4 Å². The summed E-state index contributed by atoms with van der Waals surface area (Å²) in [6, 6.07) is 3.77. The topological polar surface area (TPSA) is 112 Å². The van der Waals surface area contributed by atoms with Crippen LogP contribution in [0.1, 0.15) is 39.0 Å². The van der Waals surface area contributed by atoms with Crippen molar-refractivity contribution in [2.75, 3.05) is 18.4 Å². The average Bonchev–Trinajstić information content (AvgIpc) is 3.42. The number of halogens is 1. The molecule has 0 aromatic carbocycles. The molecular formula is C22H27FN8O. The van der Waals surface area contributed by atoms with Crippen molar-refractivity contribution in [3.05, 3.63) is 30.3 Å².